The molecule has 3 unspecified atom stereocenters. The van der Waals surface area contributed by atoms with Gasteiger partial charge < -0.3 is 19.7 Å². The minimum atomic E-state index is -1.10. The summed E-state index contributed by atoms with van der Waals surface area (Å²) in [5.74, 6) is 1.26. The number of aromatic carboxylic acids is 1. The van der Waals surface area contributed by atoms with E-state index in [0.29, 0.717) is 28.7 Å². The van der Waals surface area contributed by atoms with Gasteiger partial charge in [0.15, 0.2) is 0 Å². The van der Waals surface area contributed by atoms with Gasteiger partial charge in [0.05, 0.1) is 19.8 Å². The van der Waals surface area contributed by atoms with Crippen molar-refractivity contribution in [2.24, 2.45) is 0 Å². The number of carboxylic acids is 1. The number of rotatable bonds is 5. The van der Waals surface area contributed by atoms with Crippen LogP contribution in [0.2, 0.25) is 0 Å². The van der Waals surface area contributed by atoms with E-state index < -0.39 is 12.1 Å². The predicted molar refractivity (Wildman–Crippen MR) is 96.3 cm³/mol. The Morgan fingerprint density at radius 3 is 2.42 bits per heavy atom. The molecule has 2 aromatic carbocycles. The number of ether oxygens (including phenoxy) is 2. The molecule has 1 saturated carbocycles. The van der Waals surface area contributed by atoms with Gasteiger partial charge in [0.2, 0.25) is 0 Å². The quantitative estimate of drug-likeness (QED) is 0.853. The van der Waals surface area contributed by atoms with E-state index in [0.717, 1.165) is 30.6 Å². The van der Waals surface area contributed by atoms with Crippen molar-refractivity contribution in [2.75, 3.05) is 14.2 Å². The normalized spacial score (nSPS) is 21.3. The zero-order chi connectivity index (χ0) is 18.4. The molecule has 0 spiro atoms. The molecule has 0 radical (unpaired) electrons. The van der Waals surface area contributed by atoms with E-state index in [1.54, 1.807) is 32.4 Å². The summed E-state index contributed by atoms with van der Waals surface area (Å²) in [5.41, 5.74) is 3.32. The molecule has 136 valence electrons. The lowest BCUT2D eigenvalue weighted by Crippen LogP contribution is -2.12. The summed E-state index contributed by atoms with van der Waals surface area (Å²) in [7, 11) is 3.24. The highest BCUT2D eigenvalue weighted by Gasteiger charge is 2.43. The minimum Gasteiger partial charge on any atom is -0.496 e. The Bertz CT molecular complexity index is 873. The van der Waals surface area contributed by atoms with E-state index in [2.05, 4.69) is 0 Å². The van der Waals surface area contributed by atoms with E-state index in [-0.39, 0.29) is 5.56 Å². The van der Waals surface area contributed by atoms with E-state index in [4.69, 9.17) is 9.47 Å². The van der Waals surface area contributed by atoms with Gasteiger partial charge in [-0.25, -0.2) is 4.79 Å². The second-order valence-corrected chi connectivity index (χ2v) is 7.03. The first kappa shape index (κ1) is 16.9. The summed E-state index contributed by atoms with van der Waals surface area (Å²) in [6.45, 7) is 0. The van der Waals surface area contributed by atoms with Crippen molar-refractivity contribution in [1.29, 1.82) is 0 Å². The van der Waals surface area contributed by atoms with Gasteiger partial charge in [-0.15, -0.1) is 0 Å². The highest BCUT2D eigenvalue weighted by molar-refractivity contribution is 5.89. The standard InChI is InChI=1S/C21H22O5/c1-25-16-10-15(19(22)13-5-3-4-6-14(13)21(23)24)20(26-2)18-12-8-7-11(9-12)17(16)18/h3-6,10-12,19,22H,7-9H2,1-2H3,(H,23,24). The highest BCUT2D eigenvalue weighted by Crippen LogP contribution is 2.60. The summed E-state index contributed by atoms with van der Waals surface area (Å²) < 4.78 is 11.4. The van der Waals surface area contributed by atoms with Gasteiger partial charge in [0.1, 0.15) is 17.6 Å². The molecule has 0 aliphatic heterocycles. The number of hydrogen-bond donors (Lipinski definition) is 2. The number of hydrogen-bond acceptors (Lipinski definition) is 4. The Balaban J connectivity index is 1.90. The van der Waals surface area contributed by atoms with Crippen LogP contribution in [0, 0.1) is 0 Å². The molecule has 26 heavy (non-hydrogen) atoms. The summed E-state index contributed by atoms with van der Waals surface area (Å²) in [6.07, 6.45) is 2.26. The van der Waals surface area contributed by atoms with Crippen LogP contribution in [0.25, 0.3) is 0 Å². The lowest BCUT2D eigenvalue weighted by molar-refractivity contribution is 0.0691. The number of aliphatic hydroxyl groups excluding tert-OH is 1. The predicted octanol–water partition coefficient (Wildman–Crippen LogP) is 3.85. The summed E-state index contributed by atoms with van der Waals surface area (Å²) >= 11 is 0. The molecule has 0 aromatic heterocycles. The second-order valence-electron chi connectivity index (χ2n) is 7.03. The number of carbonyl (C=O) groups is 1. The lowest BCUT2D eigenvalue weighted by Gasteiger charge is -2.25. The number of methoxy groups -OCH3 is 2. The Morgan fingerprint density at radius 1 is 1.08 bits per heavy atom. The van der Waals surface area contributed by atoms with Crippen LogP contribution in [-0.2, 0) is 0 Å². The van der Waals surface area contributed by atoms with Crippen LogP contribution in [0.15, 0.2) is 30.3 Å². The van der Waals surface area contributed by atoms with Crippen molar-refractivity contribution < 1.29 is 24.5 Å². The molecule has 3 atom stereocenters. The molecule has 2 N–H and O–H groups in total. The number of aliphatic hydroxyl groups is 1. The molecule has 2 aliphatic rings. The fraction of sp³-hybridized carbons (Fsp3) is 0.381. The van der Waals surface area contributed by atoms with E-state index >= 15 is 0 Å². The van der Waals surface area contributed by atoms with Crippen LogP contribution in [0.3, 0.4) is 0 Å². The SMILES string of the molecule is COc1cc(C(O)c2ccccc2C(=O)O)c(OC)c2c1C1CCC2C1. The van der Waals surface area contributed by atoms with Gasteiger partial charge in [0.25, 0.3) is 0 Å². The van der Waals surface area contributed by atoms with Crippen molar-refractivity contribution in [3.8, 4) is 11.5 Å². The zero-order valence-electron chi connectivity index (χ0n) is 14.9. The van der Waals surface area contributed by atoms with Gasteiger partial charge in [-0.1, -0.05) is 18.2 Å². The highest BCUT2D eigenvalue weighted by atomic mass is 16.5. The van der Waals surface area contributed by atoms with Crippen molar-refractivity contribution in [1.82, 2.24) is 0 Å². The molecule has 2 aliphatic carbocycles. The fourth-order valence-electron chi connectivity index (χ4n) is 4.72. The smallest absolute Gasteiger partial charge is 0.336 e. The van der Waals surface area contributed by atoms with Crippen molar-refractivity contribution >= 4 is 5.97 Å². The summed E-state index contributed by atoms with van der Waals surface area (Å²) in [6, 6.07) is 8.32. The first-order valence-electron chi connectivity index (χ1n) is 8.85. The Labute approximate surface area is 152 Å². The molecule has 0 amide bonds. The first-order valence-corrected chi connectivity index (χ1v) is 8.85. The largest absolute Gasteiger partial charge is 0.496 e. The number of benzene rings is 2. The fourth-order valence-corrected chi connectivity index (χ4v) is 4.72. The third-order valence-corrected chi connectivity index (χ3v) is 5.80. The molecule has 5 heteroatoms. The maximum absolute atomic E-state index is 11.6. The van der Waals surface area contributed by atoms with E-state index in [1.165, 1.54) is 11.6 Å². The maximum atomic E-state index is 11.6. The topological polar surface area (TPSA) is 76.0 Å². The average Bonchev–Trinajstić information content (AvgIpc) is 3.28. The molecule has 2 bridgehead atoms. The molecular weight excluding hydrogens is 332 g/mol. The molecule has 0 heterocycles. The van der Waals surface area contributed by atoms with Gasteiger partial charge in [-0.2, -0.15) is 0 Å². The third kappa shape index (κ3) is 2.38. The summed E-state index contributed by atoms with van der Waals surface area (Å²) in [5, 5.41) is 20.5. The Hall–Kier alpha value is -2.53. The van der Waals surface area contributed by atoms with Crippen LogP contribution >= 0.6 is 0 Å². The number of carboxylic acid groups (broad SMARTS) is 1. The number of fused-ring (bicyclic) bond motifs is 5. The first-order chi connectivity index (χ1) is 12.6. The maximum Gasteiger partial charge on any atom is 0.336 e. The monoisotopic (exact) mass is 354 g/mol. The van der Waals surface area contributed by atoms with Crippen LogP contribution in [0.5, 0.6) is 11.5 Å². The molecule has 0 saturated heterocycles. The summed E-state index contributed by atoms with van der Waals surface area (Å²) in [4.78, 5) is 11.6. The van der Waals surface area contributed by atoms with Crippen molar-refractivity contribution in [3.63, 3.8) is 0 Å². The molecular formula is C21H22O5. The van der Waals surface area contributed by atoms with Gasteiger partial charge >= 0.3 is 5.97 Å². The van der Waals surface area contributed by atoms with Gasteiger partial charge in [-0.3, -0.25) is 0 Å². The molecule has 1 fully saturated rings. The van der Waals surface area contributed by atoms with E-state index in [1.807, 2.05) is 6.07 Å². The average molecular weight is 354 g/mol. The van der Waals surface area contributed by atoms with Gasteiger partial charge in [0, 0.05) is 16.7 Å². The Kier molecular flexibility index (Phi) is 4.11. The minimum absolute atomic E-state index is 0.0861. The van der Waals surface area contributed by atoms with Crippen LogP contribution < -0.4 is 9.47 Å². The molecule has 5 nitrogen and oxygen atoms in total. The third-order valence-electron chi connectivity index (χ3n) is 5.80. The van der Waals surface area contributed by atoms with Crippen LogP contribution in [0.1, 0.15) is 69.8 Å². The van der Waals surface area contributed by atoms with Crippen LogP contribution in [0.4, 0.5) is 0 Å². The van der Waals surface area contributed by atoms with E-state index in [9.17, 15) is 15.0 Å². The zero-order valence-corrected chi connectivity index (χ0v) is 14.9. The van der Waals surface area contributed by atoms with Gasteiger partial charge in [-0.05, 0) is 48.8 Å². The molecule has 4 rings (SSSR count). The molecule has 2 aromatic rings. The van der Waals surface area contributed by atoms with Crippen molar-refractivity contribution in [2.45, 2.75) is 37.2 Å². The van der Waals surface area contributed by atoms with Crippen LogP contribution in [-0.4, -0.2) is 30.4 Å². The lowest BCUT2D eigenvalue weighted by atomic mass is 9.86. The van der Waals surface area contributed by atoms with Crippen molar-refractivity contribution in [3.05, 3.63) is 58.1 Å². The second kappa shape index (κ2) is 6.32. The Morgan fingerprint density at radius 2 is 1.77 bits per heavy atom.